The van der Waals surface area contributed by atoms with E-state index in [2.05, 4.69) is 47.6 Å². The lowest BCUT2D eigenvalue weighted by Crippen LogP contribution is -2.49. The summed E-state index contributed by atoms with van der Waals surface area (Å²) in [6, 6.07) is 0. The van der Waals surface area contributed by atoms with Gasteiger partial charge in [-0.25, -0.2) is 0 Å². The van der Waals surface area contributed by atoms with Gasteiger partial charge >= 0.3 is 0 Å². The van der Waals surface area contributed by atoms with Crippen LogP contribution < -0.4 is 0 Å². The molecule has 0 aliphatic heterocycles. The molecule has 0 radical (unpaired) electrons. The molecule has 4 aliphatic rings. The van der Waals surface area contributed by atoms with Crippen molar-refractivity contribution in [1.29, 1.82) is 0 Å². The Morgan fingerprint density at radius 1 is 1.00 bits per heavy atom. The van der Waals surface area contributed by atoms with Crippen molar-refractivity contribution >= 4 is 5.78 Å². The van der Waals surface area contributed by atoms with Crippen LogP contribution in [-0.4, -0.2) is 5.78 Å². The molecule has 4 rings (SSSR count). The third-order valence-corrected chi connectivity index (χ3v) is 11.1. The summed E-state index contributed by atoms with van der Waals surface area (Å²) in [7, 11) is 0. The highest BCUT2D eigenvalue weighted by Crippen LogP contribution is 2.66. The van der Waals surface area contributed by atoms with Gasteiger partial charge in [-0.2, -0.15) is 0 Å². The molecular formula is C29H48O. The average molecular weight is 413 g/mol. The van der Waals surface area contributed by atoms with E-state index in [9.17, 15) is 4.79 Å². The van der Waals surface area contributed by atoms with Crippen molar-refractivity contribution in [3.63, 3.8) is 0 Å². The Hall–Kier alpha value is -0.590. The summed E-state index contributed by atoms with van der Waals surface area (Å²) in [5, 5.41) is 0. The van der Waals surface area contributed by atoms with Gasteiger partial charge < -0.3 is 0 Å². The van der Waals surface area contributed by atoms with E-state index >= 15 is 0 Å². The fraction of sp³-hybridized carbons (Fsp3) is 0.897. The number of Topliss-reactive ketones (excluding diaryl/α,β-unsaturated/α-hetero) is 1. The molecule has 3 fully saturated rings. The third kappa shape index (κ3) is 3.65. The largest absolute Gasteiger partial charge is 0.300 e. The molecule has 0 saturated heterocycles. The molecule has 4 aliphatic carbocycles. The molecule has 3 saturated carbocycles. The number of hydrogen-bond acceptors (Lipinski definition) is 1. The molecule has 0 unspecified atom stereocenters. The quantitative estimate of drug-likeness (QED) is 0.401. The number of rotatable bonds is 6. The Morgan fingerprint density at radius 2 is 1.73 bits per heavy atom. The van der Waals surface area contributed by atoms with E-state index in [1.54, 1.807) is 0 Å². The lowest BCUT2D eigenvalue weighted by atomic mass is 9.47. The summed E-state index contributed by atoms with van der Waals surface area (Å²) < 4.78 is 0. The lowest BCUT2D eigenvalue weighted by Gasteiger charge is -2.57. The average Bonchev–Trinajstić information content (AvgIpc) is 3.06. The number of fused-ring (bicyclic) bond motifs is 5. The summed E-state index contributed by atoms with van der Waals surface area (Å²) in [5.41, 5.74) is 2.77. The van der Waals surface area contributed by atoms with Gasteiger partial charge in [0.05, 0.1) is 0 Å². The smallest absolute Gasteiger partial charge is 0.133 e. The summed E-state index contributed by atoms with van der Waals surface area (Å²) in [5.74, 6) is 6.24. The highest BCUT2D eigenvalue weighted by molar-refractivity contribution is 5.79. The van der Waals surface area contributed by atoms with Crippen molar-refractivity contribution in [2.45, 2.75) is 112 Å². The van der Waals surface area contributed by atoms with E-state index in [-0.39, 0.29) is 0 Å². The van der Waals surface area contributed by atoms with Gasteiger partial charge in [0.2, 0.25) is 0 Å². The first-order valence-corrected chi connectivity index (χ1v) is 13.4. The minimum absolute atomic E-state index is 0.397. The predicted molar refractivity (Wildman–Crippen MR) is 127 cm³/mol. The van der Waals surface area contributed by atoms with Crippen molar-refractivity contribution < 1.29 is 4.79 Å². The first kappa shape index (κ1) is 22.6. The second kappa shape index (κ2) is 8.40. The molecule has 0 bridgehead atoms. The molecule has 0 amide bonds. The highest BCUT2D eigenvalue weighted by atomic mass is 16.1. The standard InChI is InChI=1S/C29H48O/c1-7-21(19(2)3)9-8-20(4)25-12-13-26-24-11-10-22-18-23(30)14-16-28(22,5)27(24)15-17-29(25,26)6/h11,19-22,25-27H,7-10,12-18H2,1-6H3/t20-,21-,22-,25-,26+,27+,28+,29-/m1/s1. The molecule has 0 N–H and O–H groups in total. The Balaban J connectivity index is 1.49. The van der Waals surface area contributed by atoms with Gasteiger partial charge in [0.15, 0.2) is 0 Å². The van der Waals surface area contributed by atoms with Gasteiger partial charge in [0, 0.05) is 12.8 Å². The highest BCUT2D eigenvalue weighted by Gasteiger charge is 2.58. The molecular weight excluding hydrogens is 364 g/mol. The zero-order valence-corrected chi connectivity index (χ0v) is 20.8. The number of allylic oxidation sites excluding steroid dienone is 2. The fourth-order valence-electron chi connectivity index (χ4n) is 8.97. The number of hydrogen-bond donors (Lipinski definition) is 0. The third-order valence-electron chi connectivity index (χ3n) is 11.1. The Kier molecular flexibility index (Phi) is 6.33. The molecule has 1 nitrogen and oxygen atoms in total. The Morgan fingerprint density at radius 3 is 2.43 bits per heavy atom. The van der Waals surface area contributed by atoms with Crippen molar-refractivity contribution in [3.8, 4) is 0 Å². The number of carbonyl (C=O) groups is 1. The zero-order valence-electron chi connectivity index (χ0n) is 20.8. The second-order valence-electron chi connectivity index (χ2n) is 12.7. The maximum atomic E-state index is 12.1. The molecule has 30 heavy (non-hydrogen) atoms. The van der Waals surface area contributed by atoms with Crippen LogP contribution >= 0.6 is 0 Å². The van der Waals surface area contributed by atoms with E-state index < -0.39 is 0 Å². The van der Waals surface area contributed by atoms with Crippen LogP contribution in [-0.2, 0) is 4.79 Å². The van der Waals surface area contributed by atoms with Crippen LogP contribution in [0.3, 0.4) is 0 Å². The lowest BCUT2D eigenvalue weighted by molar-refractivity contribution is -0.127. The molecule has 8 atom stereocenters. The second-order valence-corrected chi connectivity index (χ2v) is 12.7. The van der Waals surface area contributed by atoms with Crippen LogP contribution in [0.2, 0.25) is 0 Å². The summed E-state index contributed by atoms with van der Waals surface area (Å²) in [4.78, 5) is 12.1. The molecule has 0 aromatic heterocycles. The Labute approximate surface area is 186 Å². The van der Waals surface area contributed by atoms with Crippen LogP contribution in [0.15, 0.2) is 11.6 Å². The van der Waals surface area contributed by atoms with Gasteiger partial charge in [-0.1, -0.05) is 66.0 Å². The topological polar surface area (TPSA) is 17.1 Å². The normalized spacial score (nSPS) is 42.9. The van der Waals surface area contributed by atoms with E-state index in [1.165, 1.54) is 51.4 Å². The predicted octanol–water partition coefficient (Wildman–Crippen LogP) is 8.23. The fourth-order valence-corrected chi connectivity index (χ4v) is 8.97. The van der Waals surface area contributed by atoms with Crippen molar-refractivity contribution in [1.82, 2.24) is 0 Å². The first-order chi connectivity index (χ1) is 14.2. The van der Waals surface area contributed by atoms with Crippen molar-refractivity contribution in [2.75, 3.05) is 0 Å². The maximum absolute atomic E-state index is 12.1. The summed E-state index contributed by atoms with van der Waals surface area (Å²) >= 11 is 0. The van der Waals surface area contributed by atoms with E-state index in [0.29, 0.717) is 22.5 Å². The van der Waals surface area contributed by atoms with Crippen molar-refractivity contribution in [2.24, 2.45) is 52.3 Å². The minimum atomic E-state index is 0.397. The minimum Gasteiger partial charge on any atom is -0.300 e. The van der Waals surface area contributed by atoms with Crippen LogP contribution in [0.25, 0.3) is 0 Å². The zero-order chi connectivity index (χ0) is 21.7. The van der Waals surface area contributed by atoms with Crippen LogP contribution in [0.4, 0.5) is 0 Å². The summed E-state index contributed by atoms with van der Waals surface area (Å²) in [6.45, 7) is 15.0. The molecule has 0 spiro atoms. The van der Waals surface area contributed by atoms with Crippen LogP contribution in [0.1, 0.15) is 112 Å². The van der Waals surface area contributed by atoms with E-state index in [1.807, 2.05) is 5.57 Å². The summed E-state index contributed by atoms with van der Waals surface area (Å²) in [6.07, 6.45) is 16.5. The van der Waals surface area contributed by atoms with E-state index in [4.69, 9.17) is 0 Å². The van der Waals surface area contributed by atoms with Gasteiger partial charge in [0.1, 0.15) is 5.78 Å². The molecule has 170 valence electrons. The first-order valence-electron chi connectivity index (χ1n) is 13.4. The molecule has 0 heterocycles. The molecule has 0 aromatic carbocycles. The molecule has 0 aromatic rings. The van der Waals surface area contributed by atoms with Crippen LogP contribution in [0, 0.1) is 52.3 Å². The number of carbonyl (C=O) groups excluding carboxylic acids is 1. The van der Waals surface area contributed by atoms with Gasteiger partial charge in [0.25, 0.3) is 0 Å². The van der Waals surface area contributed by atoms with Gasteiger partial charge in [-0.3, -0.25) is 4.79 Å². The Bertz CT molecular complexity index is 674. The van der Waals surface area contributed by atoms with Crippen LogP contribution in [0.5, 0.6) is 0 Å². The van der Waals surface area contributed by atoms with Gasteiger partial charge in [-0.15, -0.1) is 0 Å². The number of ketones is 1. The maximum Gasteiger partial charge on any atom is 0.133 e. The van der Waals surface area contributed by atoms with Gasteiger partial charge in [-0.05, 0) is 97.2 Å². The SMILES string of the molecule is CC[C@H](CC[C@@H](C)[C@H]1CC[C@H]2C3=CC[C@@H]4CC(=O)CC[C@]4(C)[C@H]3CC[C@]12C)C(C)C. The van der Waals surface area contributed by atoms with E-state index in [0.717, 1.165) is 54.8 Å². The van der Waals surface area contributed by atoms with Crippen molar-refractivity contribution in [3.05, 3.63) is 11.6 Å². The monoisotopic (exact) mass is 412 g/mol. The molecule has 1 heteroatoms.